The van der Waals surface area contributed by atoms with E-state index in [1.54, 1.807) is 12.7 Å². The van der Waals surface area contributed by atoms with Gasteiger partial charge in [-0.1, -0.05) is 91.6 Å². The summed E-state index contributed by atoms with van der Waals surface area (Å²) in [6, 6.07) is 43.9. The van der Waals surface area contributed by atoms with Gasteiger partial charge in [-0.25, -0.2) is 19.9 Å². The Kier molecular flexibility index (Phi) is 13.2. The Hall–Kier alpha value is -6.93. The van der Waals surface area contributed by atoms with Gasteiger partial charge in [0.2, 0.25) is 0 Å². The SMILES string of the molecule is O=C(O)C1=[C-]C2CCC1CC2.[Ir].[c-]1ccccc1-c1cc(-c2ccc3c(c2)oc2ccccc23)c(-c2ccccc2-c2cc(CCc3cncnc3)cc(CCc3cncnc3)c2)cn1. The molecule has 12 rings (SSSR count). The van der Waals surface area contributed by atoms with E-state index in [0.717, 1.165) is 124 Å². The molecule has 0 aliphatic heterocycles. The molecule has 1 N–H and O–H groups in total. The van der Waals surface area contributed by atoms with Gasteiger partial charge in [0.05, 0.1) is 0 Å². The van der Waals surface area contributed by atoms with Gasteiger partial charge < -0.3 is 19.3 Å². The van der Waals surface area contributed by atoms with Gasteiger partial charge in [0, 0.05) is 67.4 Å². The monoisotopic (exact) mass is 1030 g/mol. The van der Waals surface area contributed by atoms with Gasteiger partial charge in [-0.15, -0.1) is 41.5 Å². The van der Waals surface area contributed by atoms with Gasteiger partial charge in [-0.2, -0.15) is 0 Å². The zero-order chi connectivity index (χ0) is 43.2. The molecule has 1 fully saturated rings. The zero-order valence-corrected chi connectivity index (χ0v) is 38.1. The summed E-state index contributed by atoms with van der Waals surface area (Å²) in [5.41, 5.74) is 15.5. The number of carboxylic acid groups (broad SMARTS) is 1. The number of para-hydroxylation sites is 1. The third-order valence-corrected chi connectivity index (χ3v) is 12.5. The molecule has 65 heavy (non-hydrogen) atoms. The molecule has 0 atom stereocenters. The van der Waals surface area contributed by atoms with Crippen LogP contribution in [0.2, 0.25) is 0 Å². The fourth-order valence-electron chi connectivity index (χ4n) is 9.27. The van der Waals surface area contributed by atoms with Gasteiger partial charge in [0.15, 0.2) is 5.97 Å². The molecule has 3 aliphatic rings. The molecule has 4 aromatic heterocycles. The molecule has 9 aromatic rings. The van der Waals surface area contributed by atoms with Crippen molar-refractivity contribution in [3.05, 3.63) is 199 Å². The zero-order valence-electron chi connectivity index (χ0n) is 35.7. The van der Waals surface area contributed by atoms with Crippen LogP contribution in [-0.2, 0) is 50.6 Å². The van der Waals surface area contributed by atoms with Crippen molar-refractivity contribution in [2.75, 3.05) is 0 Å². The Morgan fingerprint density at radius 3 is 1.85 bits per heavy atom. The van der Waals surface area contributed by atoms with Crippen molar-refractivity contribution in [2.24, 2.45) is 11.8 Å². The van der Waals surface area contributed by atoms with Crippen molar-refractivity contribution < 1.29 is 34.4 Å². The third-order valence-electron chi connectivity index (χ3n) is 12.5. The second-order valence-electron chi connectivity index (χ2n) is 16.7. The van der Waals surface area contributed by atoms with E-state index >= 15 is 0 Å². The molecule has 3 aliphatic carbocycles. The van der Waals surface area contributed by atoms with Crippen LogP contribution < -0.4 is 0 Å². The number of hydrogen-bond donors (Lipinski definition) is 1. The predicted molar refractivity (Wildman–Crippen MR) is 251 cm³/mol. The van der Waals surface area contributed by atoms with E-state index in [9.17, 15) is 4.79 Å². The Bertz CT molecular complexity index is 3050. The van der Waals surface area contributed by atoms with Crippen LogP contribution in [0, 0.1) is 24.0 Å². The molecule has 323 valence electrons. The Morgan fingerprint density at radius 2 is 1.22 bits per heavy atom. The second-order valence-corrected chi connectivity index (χ2v) is 16.7. The maximum Gasteiger partial charge on any atom is 0.168 e. The molecule has 2 bridgehead atoms. The number of allylic oxidation sites excluding steroid dienone is 1. The first-order valence-electron chi connectivity index (χ1n) is 22.0. The Labute approximate surface area is 392 Å². The Morgan fingerprint density at radius 1 is 0.585 bits per heavy atom. The maximum absolute atomic E-state index is 10.6. The van der Waals surface area contributed by atoms with Crippen LogP contribution in [0.5, 0.6) is 0 Å². The van der Waals surface area contributed by atoms with Crippen molar-refractivity contribution >= 4 is 27.9 Å². The van der Waals surface area contributed by atoms with E-state index in [0.29, 0.717) is 17.4 Å². The minimum Gasteiger partial charge on any atom is -0.562 e. The largest absolute Gasteiger partial charge is 0.562 e. The number of carbonyl (C=O) groups is 1. The first-order chi connectivity index (χ1) is 31.5. The van der Waals surface area contributed by atoms with E-state index in [2.05, 4.69) is 117 Å². The average Bonchev–Trinajstić information content (AvgIpc) is 3.74. The number of furan rings is 1. The third kappa shape index (κ3) is 9.77. The minimum atomic E-state index is -0.751. The molecule has 0 unspecified atom stereocenters. The number of aliphatic carboxylic acids is 1. The molecular formula is C56H45IrN5O3-2. The van der Waals surface area contributed by atoms with E-state index in [1.807, 2.05) is 61.3 Å². The summed E-state index contributed by atoms with van der Waals surface area (Å²) in [5, 5.41) is 11.0. The van der Waals surface area contributed by atoms with Crippen LogP contribution in [0.4, 0.5) is 0 Å². The smallest absolute Gasteiger partial charge is 0.168 e. The van der Waals surface area contributed by atoms with Crippen LogP contribution in [-0.4, -0.2) is 36.0 Å². The normalized spacial score (nSPS) is 15.2. The van der Waals surface area contributed by atoms with Crippen LogP contribution in [0.25, 0.3) is 66.6 Å². The number of hydrogen-bond acceptors (Lipinski definition) is 7. The maximum atomic E-state index is 10.6. The number of aromatic nitrogens is 5. The van der Waals surface area contributed by atoms with Crippen LogP contribution in [0.3, 0.4) is 0 Å². The van der Waals surface area contributed by atoms with E-state index in [-0.39, 0.29) is 20.1 Å². The van der Waals surface area contributed by atoms with Gasteiger partial charge in [-0.05, 0) is 118 Å². The topological polar surface area (TPSA) is 115 Å². The number of nitrogens with zero attached hydrogens (tertiary/aromatic N) is 5. The quantitative estimate of drug-likeness (QED) is 0.127. The van der Waals surface area contributed by atoms with Crippen molar-refractivity contribution in [3.63, 3.8) is 0 Å². The second kappa shape index (κ2) is 19.9. The molecule has 0 saturated heterocycles. The summed E-state index contributed by atoms with van der Waals surface area (Å²) < 4.78 is 6.37. The fraction of sp³-hybridized carbons (Fsp3) is 0.179. The number of fused-ring (bicyclic) bond motifs is 5. The molecule has 4 heterocycles. The number of carboxylic acids is 1. The number of pyridine rings is 1. The van der Waals surface area contributed by atoms with E-state index in [1.165, 1.54) is 16.7 Å². The standard InChI is InChI=1S/C47H34N5O.C9H11O2.Ir/c1-2-8-36(9-3-1)45-24-43(37-18-19-42-41-12-6-7-13-46(41)53-47(42)23-37)44(29-52-45)40-11-5-4-10-39(40)38-21-32(14-16-34-25-48-30-49-26-34)20-33(22-38)15-17-35-27-50-31-51-28-35;10-9(11)8-5-6-1-3-7(8)4-2-6;/h1-8,10-13,18-31H,14-17H2;6-7H,1-4H2,(H,10,11);/q2*-1;. The van der Waals surface area contributed by atoms with Crippen LogP contribution in [0.15, 0.2) is 169 Å². The van der Waals surface area contributed by atoms with Crippen molar-refractivity contribution in [1.29, 1.82) is 0 Å². The summed E-state index contributed by atoms with van der Waals surface area (Å²) in [5.74, 6) is 0.0167. The summed E-state index contributed by atoms with van der Waals surface area (Å²) in [7, 11) is 0. The summed E-state index contributed by atoms with van der Waals surface area (Å²) in [4.78, 5) is 32.6. The predicted octanol–water partition coefficient (Wildman–Crippen LogP) is 12.2. The average molecular weight is 1030 g/mol. The van der Waals surface area contributed by atoms with Crippen molar-refractivity contribution in [3.8, 4) is 44.6 Å². The first kappa shape index (κ1) is 43.3. The van der Waals surface area contributed by atoms with Gasteiger partial charge in [0.1, 0.15) is 23.8 Å². The summed E-state index contributed by atoms with van der Waals surface area (Å²) >= 11 is 0. The number of benzene rings is 5. The molecular weight excluding hydrogens is 983 g/mol. The minimum absolute atomic E-state index is 0. The molecule has 9 heteroatoms. The first-order valence-corrected chi connectivity index (χ1v) is 22.0. The van der Waals surface area contributed by atoms with Crippen LogP contribution in [0.1, 0.15) is 47.9 Å². The summed E-state index contributed by atoms with van der Waals surface area (Å²) in [6.07, 6.45) is 23.7. The molecule has 8 nitrogen and oxygen atoms in total. The van der Waals surface area contributed by atoms with E-state index in [4.69, 9.17) is 14.5 Å². The van der Waals surface area contributed by atoms with E-state index < -0.39 is 5.97 Å². The van der Waals surface area contributed by atoms with Gasteiger partial charge in [-0.3, -0.25) is 6.08 Å². The fourth-order valence-corrected chi connectivity index (χ4v) is 9.27. The van der Waals surface area contributed by atoms with Crippen LogP contribution >= 0.6 is 0 Å². The molecule has 0 spiro atoms. The van der Waals surface area contributed by atoms with Gasteiger partial charge >= 0.3 is 0 Å². The Balaban J connectivity index is 0.000000387. The molecule has 5 aromatic carbocycles. The molecule has 1 saturated carbocycles. The molecule has 1 radical (unpaired) electrons. The van der Waals surface area contributed by atoms with Gasteiger partial charge in [0.25, 0.3) is 0 Å². The van der Waals surface area contributed by atoms with Crippen molar-refractivity contribution in [2.45, 2.75) is 51.4 Å². The summed E-state index contributed by atoms with van der Waals surface area (Å²) in [6.45, 7) is 0. The molecule has 0 amide bonds. The van der Waals surface area contributed by atoms with Crippen molar-refractivity contribution in [1.82, 2.24) is 24.9 Å². The number of rotatable bonds is 11. The number of aryl methyl sites for hydroxylation is 4.